The molecular weight excluding hydrogens is 228 g/mol. The van der Waals surface area contributed by atoms with Gasteiger partial charge in [-0.05, 0) is 18.2 Å². The molecule has 2 N–H and O–H groups in total. The smallest absolute Gasteiger partial charge is 0.222 e. The Labute approximate surface area is 95.6 Å². The third-order valence-corrected chi connectivity index (χ3v) is 2.68. The van der Waals surface area contributed by atoms with Crippen LogP contribution in [0.2, 0.25) is 5.02 Å². The van der Waals surface area contributed by atoms with Crippen molar-refractivity contribution >= 4 is 28.5 Å². The van der Waals surface area contributed by atoms with Crippen LogP contribution in [0.15, 0.2) is 39.5 Å². The van der Waals surface area contributed by atoms with Gasteiger partial charge in [-0.2, -0.15) is 0 Å². The first-order chi connectivity index (χ1) is 7.75. The zero-order valence-electron chi connectivity index (χ0n) is 8.11. The van der Waals surface area contributed by atoms with Crippen LogP contribution in [0.4, 0.5) is 5.88 Å². The van der Waals surface area contributed by atoms with Crippen molar-refractivity contribution in [2.24, 2.45) is 0 Å². The van der Waals surface area contributed by atoms with E-state index in [9.17, 15) is 0 Å². The standard InChI is InChI=1S/C11H7ClN2O2/c12-7-1-2-9-6(3-4-15-9)11(7)8-5-10(13)16-14-8/h1-5H,13H2. The lowest BCUT2D eigenvalue weighted by Gasteiger charge is -2.00. The fraction of sp³-hybridized carbons (Fsp3) is 0. The largest absolute Gasteiger partial charge is 0.464 e. The van der Waals surface area contributed by atoms with Crippen molar-refractivity contribution < 1.29 is 8.94 Å². The number of benzene rings is 1. The molecule has 2 heterocycles. The molecule has 0 saturated carbocycles. The monoisotopic (exact) mass is 234 g/mol. The highest BCUT2D eigenvalue weighted by atomic mass is 35.5. The minimum Gasteiger partial charge on any atom is -0.464 e. The molecule has 0 aliphatic rings. The lowest BCUT2D eigenvalue weighted by Crippen LogP contribution is -1.80. The SMILES string of the molecule is Nc1cc(-c2c(Cl)ccc3occc23)no1. The number of furan rings is 1. The van der Waals surface area contributed by atoms with Crippen molar-refractivity contribution in [3.8, 4) is 11.3 Å². The molecule has 2 aromatic heterocycles. The van der Waals surface area contributed by atoms with Crippen molar-refractivity contribution in [3.05, 3.63) is 35.6 Å². The Bertz CT molecular complexity index is 657. The number of rotatable bonds is 1. The van der Waals surface area contributed by atoms with Crippen LogP contribution in [0.25, 0.3) is 22.2 Å². The number of nitrogens with zero attached hydrogens (tertiary/aromatic N) is 1. The van der Waals surface area contributed by atoms with E-state index in [0.717, 1.165) is 16.5 Å². The highest BCUT2D eigenvalue weighted by Crippen LogP contribution is 2.35. The van der Waals surface area contributed by atoms with E-state index >= 15 is 0 Å². The summed E-state index contributed by atoms with van der Waals surface area (Å²) in [5, 5.41) is 5.33. The lowest BCUT2D eigenvalue weighted by atomic mass is 10.1. The fourth-order valence-electron chi connectivity index (χ4n) is 1.68. The molecule has 4 nitrogen and oxygen atoms in total. The average Bonchev–Trinajstić information content (AvgIpc) is 2.86. The molecule has 0 atom stereocenters. The number of halogens is 1. The van der Waals surface area contributed by atoms with Crippen molar-refractivity contribution in [2.45, 2.75) is 0 Å². The van der Waals surface area contributed by atoms with Crippen molar-refractivity contribution in [1.82, 2.24) is 5.16 Å². The summed E-state index contributed by atoms with van der Waals surface area (Å²) in [7, 11) is 0. The number of hydrogen-bond acceptors (Lipinski definition) is 4. The van der Waals surface area contributed by atoms with Crippen LogP contribution >= 0.6 is 11.6 Å². The van der Waals surface area contributed by atoms with Gasteiger partial charge in [-0.1, -0.05) is 16.8 Å². The van der Waals surface area contributed by atoms with Gasteiger partial charge in [-0.25, -0.2) is 0 Å². The normalized spacial score (nSPS) is 11.1. The van der Waals surface area contributed by atoms with Gasteiger partial charge >= 0.3 is 0 Å². The fourth-order valence-corrected chi connectivity index (χ4v) is 1.95. The number of aromatic nitrogens is 1. The Morgan fingerprint density at radius 2 is 2.12 bits per heavy atom. The lowest BCUT2D eigenvalue weighted by molar-refractivity contribution is 0.439. The van der Waals surface area contributed by atoms with Crippen molar-refractivity contribution in [3.63, 3.8) is 0 Å². The van der Waals surface area contributed by atoms with Gasteiger partial charge in [0.15, 0.2) is 0 Å². The molecular formula is C11H7ClN2O2. The molecule has 0 spiro atoms. The maximum absolute atomic E-state index is 6.14. The summed E-state index contributed by atoms with van der Waals surface area (Å²) in [6.45, 7) is 0. The Balaban J connectivity index is 2.36. The molecule has 0 unspecified atom stereocenters. The summed E-state index contributed by atoms with van der Waals surface area (Å²) in [6.07, 6.45) is 1.61. The molecule has 0 amide bonds. The van der Waals surface area contributed by atoms with Gasteiger partial charge in [0.1, 0.15) is 11.3 Å². The van der Waals surface area contributed by atoms with Gasteiger partial charge in [0.05, 0.1) is 11.3 Å². The number of anilines is 1. The predicted molar refractivity (Wildman–Crippen MR) is 61.1 cm³/mol. The zero-order valence-corrected chi connectivity index (χ0v) is 8.86. The van der Waals surface area contributed by atoms with Gasteiger partial charge < -0.3 is 14.7 Å². The van der Waals surface area contributed by atoms with Crippen LogP contribution in [-0.2, 0) is 0 Å². The number of hydrogen-bond donors (Lipinski definition) is 1. The van der Waals surface area contributed by atoms with Gasteiger partial charge in [0.2, 0.25) is 5.88 Å². The van der Waals surface area contributed by atoms with Gasteiger partial charge in [0, 0.05) is 17.0 Å². The third kappa shape index (κ3) is 1.27. The Morgan fingerprint density at radius 1 is 1.25 bits per heavy atom. The number of nitrogens with two attached hydrogens (primary N) is 1. The van der Waals surface area contributed by atoms with Crippen LogP contribution in [-0.4, -0.2) is 5.16 Å². The topological polar surface area (TPSA) is 65.2 Å². The van der Waals surface area contributed by atoms with Gasteiger partial charge in [0.25, 0.3) is 0 Å². The van der Waals surface area contributed by atoms with E-state index in [4.69, 9.17) is 26.3 Å². The number of nitrogen functional groups attached to an aromatic ring is 1. The molecule has 0 bridgehead atoms. The molecule has 0 aliphatic carbocycles. The number of fused-ring (bicyclic) bond motifs is 1. The summed E-state index contributed by atoms with van der Waals surface area (Å²) in [5.41, 5.74) is 7.62. The Hall–Kier alpha value is -1.94. The van der Waals surface area contributed by atoms with Crippen molar-refractivity contribution in [1.29, 1.82) is 0 Å². The second kappa shape index (κ2) is 3.28. The minimum atomic E-state index is 0.256. The molecule has 80 valence electrons. The van der Waals surface area contributed by atoms with Crippen LogP contribution in [0.3, 0.4) is 0 Å². The molecule has 3 rings (SSSR count). The summed E-state index contributed by atoms with van der Waals surface area (Å²) in [6, 6.07) is 7.03. The van der Waals surface area contributed by atoms with E-state index in [1.165, 1.54) is 0 Å². The highest BCUT2D eigenvalue weighted by Gasteiger charge is 2.14. The first-order valence-corrected chi connectivity index (χ1v) is 5.02. The van der Waals surface area contributed by atoms with E-state index in [0.29, 0.717) is 10.7 Å². The third-order valence-electron chi connectivity index (χ3n) is 2.37. The predicted octanol–water partition coefficient (Wildman–Crippen LogP) is 3.32. The van der Waals surface area contributed by atoms with E-state index in [1.54, 1.807) is 18.4 Å². The molecule has 0 saturated heterocycles. The summed E-state index contributed by atoms with van der Waals surface area (Å²) in [5.74, 6) is 0.256. The Kier molecular flexibility index (Phi) is 1.91. The maximum atomic E-state index is 6.14. The Morgan fingerprint density at radius 3 is 2.88 bits per heavy atom. The molecule has 0 aliphatic heterocycles. The molecule has 0 fully saturated rings. The summed E-state index contributed by atoms with van der Waals surface area (Å²) < 4.78 is 10.1. The molecule has 3 aromatic rings. The molecule has 1 aromatic carbocycles. The van der Waals surface area contributed by atoms with Crippen LogP contribution in [0, 0.1) is 0 Å². The second-order valence-electron chi connectivity index (χ2n) is 3.37. The summed E-state index contributed by atoms with van der Waals surface area (Å²) in [4.78, 5) is 0. The maximum Gasteiger partial charge on any atom is 0.222 e. The van der Waals surface area contributed by atoms with Crippen LogP contribution in [0.1, 0.15) is 0 Å². The van der Waals surface area contributed by atoms with E-state index < -0.39 is 0 Å². The molecule has 5 heteroatoms. The minimum absolute atomic E-state index is 0.256. The van der Waals surface area contributed by atoms with Gasteiger partial charge in [-0.15, -0.1) is 0 Å². The molecule has 16 heavy (non-hydrogen) atoms. The first-order valence-electron chi connectivity index (χ1n) is 4.64. The van der Waals surface area contributed by atoms with Crippen molar-refractivity contribution in [2.75, 3.05) is 5.73 Å². The highest BCUT2D eigenvalue weighted by molar-refractivity contribution is 6.34. The van der Waals surface area contributed by atoms with Crippen LogP contribution < -0.4 is 5.73 Å². The van der Waals surface area contributed by atoms with Gasteiger partial charge in [-0.3, -0.25) is 0 Å². The second-order valence-corrected chi connectivity index (χ2v) is 3.78. The average molecular weight is 235 g/mol. The van der Waals surface area contributed by atoms with Crippen LogP contribution in [0.5, 0.6) is 0 Å². The van der Waals surface area contributed by atoms with E-state index in [1.807, 2.05) is 12.1 Å². The van der Waals surface area contributed by atoms with E-state index in [-0.39, 0.29) is 5.88 Å². The zero-order chi connectivity index (χ0) is 11.1. The first kappa shape index (κ1) is 9.30. The quantitative estimate of drug-likeness (QED) is 0.701. The van der Waals surface area contributed by atoms with E-state index in [2.05, 4.69) is 5.16 Å². The molecule has 0 radical (unpaired) electrons. The summed E-state index contributed by atoms with van der Waals surface area (Å²) >= 11 is 6.14.